The molecule has 0 radical (unpaired) electrons. The monoisotopic (exact) mass is 227 g/mol. The van der Waals surface area contributed by atoms with Gasteiger partial charge in [-0.15, -0.1) is 0 Å². The van der Waals surface area contributed by atoms with Crippen molar-refractivity contribution in [2.45, 2.75) is 6.92 Å². The summed E-state index contributed by atoms with van der Waals surface area (Å²) in [7, 11) is 0. The number of phenols is 1. The zero-order chi connectivity index (χ0) is 12.3. The Hall–Kier alpha value is -2.29. The summed E-state index contributed by atoms with van der Waals surface area (Å²) >= 11 is 0. The minimum atomic E-state index is -0.130. The van der Waals surface area contributed by atoms with E-state index < -0.39 is 0 Å². The van der Waals surface area contributed by atoms with Crippen LogP contribution in [0, 0.1) is 0 Å². The molecule has 0 aromatic heterocycles. The third-order valence-corrected chi connectivity index (χ3v) is 2.40. The highest BCUT2D eigenvalue weighted by molar-refractivity contribution is 5.90. The lowest BCUT2D eigenvalue weighted by atomic mass is 10.0. The lowest BCUT2D eigenvalue weighted by Gasteiger charge is -2.08. The zero-order valence-corrected chi connectivity index (χ0v) is 9.47. The highest BCUT2D eigenvalue weighted by Gasteiger charge is 2.05. The SMILES string of the molecule is CC(=O)Nc1ccc(O)c(-c2ccccc2)c1. The second kappa shape index (κ2) is 4.70. The molecule has 3 nitrogen and oxygen atoms in total. The quantitative estimate of drug-likeness (QED) is 0.775. The van der Waals surface area contributed by atoms with E-state index in [1.807, 2.05) is 30.3 Å². The number of amides is 1. The fourth-order valence-corrected chi connectivity index (χ4v) is 1.67. The second-order valence-corrected chi connectivity index (χ2v) is 3.78. The van der Waals surface area contributed by atoms with Gasteiger partial charge in [-0.1, -0.05) is 30.3 Å². The van der Waals surface area contributed by atoms with Crippen LogP contribution >= 0.6 is 0 Å². The van der Waals surface area contributed by atoms with E-state index >= 15 is 0 Å². The highest BCUT2D eigenvalue weighted by atomic mass is 16.3. The van der Waals surface area contributed by atoms with Gasteiger partial charge < -0.3 is 10.4 Å². The summed E-state index contributed by atoms with van der Waals surface area (Å²) in [5, 5.41) is 12.5. The summed E-state index contributed by atoms with van der Waals surface area (Å²) < 4.78 is 0. The Morgan fingerprint density at radius 3 is 2.47 bits per heavy atom. The number of aromatic hydroxyl groups is 1. The molecule has 0 unspecified atom stereocenters. The number of hydrogen-bond acceptors (Lipinski definition) is 2. The molecule has 2 rings (SSSR count). The van der Waals surface area contributed by atoms with Crippen LogP contribution < -0.4 is 5.32 Å². The normalized spacial score (nSPS) is 9.94. The largest absolute Gasteiger partial charge is 0.507 e. The van der Waals surface area contributed by atoms with E-state index in [2.05, 4.69) is 5.32 Å². The maximum atomic E-state index is 11.0. The number of rotatable bonds is 2. The van der Waals surface area contributed by atoms with Crippen molar-refractivity contribution in [1.82, 2.24) is 0 Å². The molecule has 0 heterocycles. The van der Waals surface area contributed by atoms with Crippen LogP contribution in [-0.2, 0) is 4.79 Å². The van der Waals surface area contributed by atoms with Crippen LogP contribution in [0.2, 0.25) is 0 Å². The molecular formula is C14H13NO2. The number of carbonyl (C=O) groups is 1. The van der Waals surface area contributed by atoms with E-state index in [0.29, 0.717) is 11.3 Å². The molecule has 17 heavy (non-hydrogen) atoms. The highest BCUT2D eigenvalue weighted by Crippen LogP contribution is 2.31. The van der Waals surface area contributed by atoms with E-state index in [0.717, 1.165) is 5.56 Å². The van der Waals surface area contributed by atoms with Gasteiger partial charge in [0.25, 0.3) is 0 Å². The van der Waals surface area contributed by atoms with Gasteiger partial charge in [-0.3, -0.25) is 4.79 Å². The lowest BCUT2D eigenvalue weighted by Crippen LogP contribution is -2.05. The number of carbonyl (C=O) groups excluding carboxylic acids is 1. The molecule has 0 fully saturated rings. The van der Waals surface area contributed by atoms with Crippen LogP contribution in [-0.4, -0.2) is 11.0 Å². The minimum absolute atomic E-state index is 0.130. The molecule has 2 aromatic rings. The van der Waals surface area contributed by atoms with Crippen molar-refractivity contribution in [3.63, 3.8) is 0 Å². The predicted octanol–water partition coefficient (Wildman–Crippen LogP) is 3.02. The zero-order valence-electron chi connectivity index (χ0n) is 9.47. The molecule has 0 aliphatic rings. The van der Waals surface area contributed by atoms with Crippen LogP contribution in [0.1, 0.15) is 6.92 Å². The molecule has 1 amide bonds. The molecule has 0 spiro atoms. The maximum Gasteiger partial charge on any atom is 0.221 e. The number of nitrogens with one attached hydrogen (secondary N) is 1. The molecule has 0 saturated heterocycles. The van der Waals surface area contributed by atoms with Crippen LogP contribution in [0.4, 0.5) is 5.69 Å². The van der Waals surface area contributed by atoms with Crippen molar-refractivity contribution < 1.29 is 9.90 Å². The second-order valence-electron chi connectivity index (χ2n) is 3.78. The first-order valence-electron chi connectivity index (χ1n) is 5.33. The van der Waals surface area contributed by atoms with Crippen LogP contribution in [0.3, 0.4) is 0 Å². The van der Waals surface area contributed by atoms with E-state index in [4.69, 9.17) is 0 Å². The molecule has 0 aliphatic carbocycles. The number of phenolic OH excluding ortho intramolecular Hbond substituents is 1. The Morgan fingerprint density at radius 2 is 1.82 bits per heavy atom. The van der Waals surface area contributed by atoms with Gasteiger partial charge in [0.05, 0.1) is 0 Å². The molecule has 86 valence electrons. The Morgan fingerprint density at radius 1 is 1.12 bits per heavy atom. The van der Waals surface area contributed by atoms with Crippen molar-refractivity contribution in [1.29, 1.82) is 0 Å². The van der Waals surface area contributed by atoms with Gasteiger partial charge in [-0.25, -0.2) is 0 Å². The predicted molar refractivity (Wildman–Crippen MR) is 67.8 cm³/mol. The Labute approximate surface area is 99.7 Å². The van der Waals surface area contributed by atoms with Crippen molar-refractivity contribution in [2.75, 3.05) is 5.32 Å². The third kappa shape index (κ3) is 2.64. The van der Waals surface area contributed by atoms with Gasteiger partial charge in [0.2, 0.25) is 5.91 Å². The van der Waals surface area contributed by atoms with Crippen molar-refractivity contribution >= 4 is 11.6 Å². The van der Waals surface area contributed by atoms with Gasteiger partial charge in [0, 0.05) is 18.2 Å². The minimum Gasteiger partial charge on any atom is -0.507 e. The number of anilines is 1. The Bertz CT molecular complexity index is 535. The molecule has 0 atom stereocenters. The van der Waals surface area contributed by atoms with Crippen molar-refractivity contribution in [3.05, 3.63) is 48.5 Å². The summed E-state index contributed by atoms with van der Waals surface area (Å²) in [6.45, 7) is 1.45. The van der Waals surface area contributed by atoms with Gasteiger partial charge in [-0.2, -0.15) is 0 Å². The van der Waals surface area contributed by atoms with E-state index in [1.165, 1.54) is 6.92 Å². The maximum absolute atomic E-state index is 11.0. The van der Waals surface area contributed by atoms with Crippen LogP contribution in [0.25, 0.3) is 11.1 Å². The van der Waals surface area contributed by atoms with Gasteiger partial charge in [-0.05, 0) is 23.8 Å². The lowest BCUT2D eigenvalue weighted by molar-refractivity contribution is -0.114. The summed E-state index contributed by atoms with van der Waals surface area (Å²) in [6, 6.07) is 14.5. The number of hydrogen-bond donors (Lipinski definition) is 2. The molecule has 0 aliphatic heterocycles. The van der Waals surface area contributed by atoms with Gasteiger partial charge in [0.1, 0.15) is 5.75 Å². The first kappa shape index (κ1) is 11.2. The van der Waals surface area contributed by atoms with Gasteiger partial charge in [0.15, 0.2) is 0 Å². The molecule has 0 bridgehead atoms. The van der Waals surface area contributed by atoms with Crippen molar-refractivity contribution in [2.24, 2.45) is 0 Å². The van der Waals surface area contributed by atoms with Crippen LogP contribution in [0.15, 0.2) is 48.5 Å². The molecule has 2 N–H and O–H groups in total. The molecular weight excluding hydrogens is 214 g/mol. The fourth-order valence-electron chi connectivity index (χ4n) is 1.67. The van der Waals surface area contributed by atoms with E-state index in [1.54, 1.807) is 18.2 Å². The average Bonchev–Trinajstić information content (AvgIpc) is 2.32. The standard InChI is InChI=1S/C14H13NO2/c1-10(16)15-12-7-8-14(17)13(9-12)11-5-3-2-4-6-11/h2-9,17H,1H3,(H,15,16). The molecule has 2 aromatic carbocycles. The van der Waals surface area contributed by atoms with E-state index in [9.17, 15) is 9.90 Å². The molecule has 3 heteroatoms. The smallest absolute Gasteiger partial charge is 0.221 e. The first-order valence-corrected chi connectivity index (χ1v) is 5.33. The van der Waals surface area contributed by atoms with Gasteiger partial charge >= 0.3 is 0 Å². The summed E-state index contributed by atoms with van der Waals surface area (Å²) in [5.41, 5.74) is 2.29. The van der Waals surface area contributed by atoms with E-state index in [-0.39, 0.29) is 11.7 Å². The Kier molecular flexibility index (Phi) is 3.10. The fraction of sp³-hybridized carbons (Fsp3) is 0.0714. The van der Waals surface area contributed by atoms with Crippen LogP contribution in [0.5, 0.6) is 5.75 Å². The summed E-state index contributed by atoms with van der Waals surface area (Å²) in [4.78, 5) is 11.0. The first-order chi connectivity index (χ1) is 8.16. The van der Waals surface area contributed by atoms with Crippen molar-refractivity contribution in [3.8, 4) is 16.9 Å². The topological polar surface area (TPSA) is 49.3 Å². The summed E-state index contributed by atoms with van der Waals surface area (Å²) in [6.07, 6.45) is 0. The molecule has 0 saturated carbocycles. The summed E-state index contributed by atoms with van der Waals surface area (Å²) in [5.74, 6) is 0.0694. The average molecular weight is 227 g/mol. The number of benzene rings is 2. The Balaban J connectivity index is 2.43. The third-order valence-electron chi connectivity index (χ3n) is 2.40.